The Hall–Kier alpha value is -1.78. The van der Waals surface area contributed by atoms with Crippen LogP contribution in [0.5, 0.6) is 0 Å². The number of aliphatic hydroxyl groups is 2. The van der Waals surface area contributed by atoms with Gasteiger partial charge in [0.15, 0.2) is 5.13 Å². The summed E-state index contributed by atoms with van der Waals surface area (Å²) >= 11 is 3.38. The minimum atomic E-state index is -0.00133. The molecule has 1 aromatic heterocycles. The van der Waals surface area contributed by atoms with Crippen LogP contribution in [0.15, 0.2) is 36.5 Å². The molecule has 1 unspecified atom stereocenters. The van der Waals surface area contributed by atoms with Crippen molar-refractivity contribution in [1.29, 1.82) is 0 Å². The Morgan fingerprint density at radius 2 is 2.03 bits per heavy atom. The van der Waals surface area contributed by atoms with E-state index in [1.165, 1.54) is 5.56 Å². The zero-order chi connectivity index (χ0) is 22.8. The summed E-state index contributed by atoms with van der Waals surface area (Å²) in [6, 6.07) is 10.4. The Bertz CT molecular complexity index is 845. The highest BCUT2D eigenvalue weighted by Crippen LogP contribution is 2.36. The number of hydrogen-bond acceptors (Lipinski definition) is 9. The first-order valence-corrected chi connectivity index (χ1v) is 12.8. The molecule has 0 aliphatic carbocycles. The van der Waals surface area contributed by atoms with Gasteiger partial charge in [0.05, 0.1) is 49.2 Å². The topological polar surface area (TPSA) is 89.9 Å². The number of nitrogens with zero attached hydrogens (tertiary/aromatic N) is 2. The molecule has 0 radical (unpaired) electrons. The molecular weight excluding hydrogens is 444 g/mol. The average Bonchev–Trinajstić information content (AvgIpc) is 3.20. The number of aliphatic hydroxyl groups excluding tert-OH is 2. The number of benzene rings is 1. The highest BCUT2D eigenvalue weighted by atomic mass is 32.2. The highest BCUT2D eigenvalue weighted by Gasteiger charge is 2.24. The van der Waals surface area contributed by atoms with Gasteiger partial charge in [-0.25, -0.2) is 4.98 Å². The predicted octanol–water partition coefficient (Wildman–Crippen LogP) is 3.52. The lowest BCUT2D eigenvalue weighted by Gasteiger charge is -2.28. The van der Waals surface area contributed by atoms with Crippen LogP contribution >= 0.6 is 23.3 Å². The Balaban J connectivity index is 1.71. The fraction of sp³-hybridized carbons (Fsp3) is 0.522. The van der Waals surface area contributed by atoms with Crippen molar-refractivity contribution in [3.8, 4) is 0 Å². The molecule has 1 aromatic carbocycles. The third-order valence-corrected chi connectivity index (χ3v) is 6.97. The number of rotatable bonds is 14. The van der Waals surface area contributed by atoms with Crippen LogP contribution in [-0.4, -0.2) is 58.5 Å². The normalized spacial score (nSPS) is 14.3. The molecule has 2 aromatic rings. The maximum Gasteiger partial charge on any atom is 0.183 e. The lowest BCUT2D eigenvalue weighted by molar-refractivity contribution is 0.0992. The van der Waals surface area contributed by atoms with Crippen molar-refractivity contribution in [3.05, 3.63) is 52.7 Å². The van der Waals surface area contributed by atoms with Gasteiger partial charge in [0, 0.05) is 24.5 Å². The summed E-state index contributed by atoms with van der Waals surface area (Å²) in [6.07, 6.45) is 3.04. The molecule has 176 valence electrons. The van der Waals surface area contributed by atoms with Gasteiger partial charge in [-0.1, -0.05) is 55.5 Å². The Kier molecular flexibility index (Phi) is 10.1. The maximum atomic E-state index is 9.90. The van der Waals surface area contributed by atoms with Crippen molar-refractivity contribution < 1.29 is 14.9 Å². The van der Waals surface area contributed by atoms with Crippen molar-refractivity contribution in [2.45, 2.75) is 38.6 Å². The smallest absolute Gasteiger partial charge is 0.183 e. The molecule has 1 aliphatic rings. The summed E-state index contributed by atoms with van der Waals surface area (Å²) in [5, 5.41) is 26.5. The number of ether oxygens (including phenoxy) is 1. The summed E-state index contributed by atoms with van der Waals surface area (Å²) in [4.78, 5) is 5.94. The van der Waals surface area contributed by atoms with E-state index in [9.17, 15) is 5.11 Å². The van der Waals surface area contributed by atoms with Gasteiger partial charge in [-0.05, 0) is 29.9 Å². The van der Waals surface area contributed by atoms with Gasteiger partial charge >= 0.3 is 0 Å². The number of hydrogen-bond donors (Lipinski definition) is 4. The van der Waals surface area contributed by atoms with Crippen LogP contribution < -0.4 is 10.6 Å². The molecule has 1 aliphatic heterocycles. The van der Waals surface area contributed by atoms with Crippen molar-refractivity contribution in [2.75, 3.05) is 38.3 Å². The molecule has 0 saturated carbocycles. The summed E-state index contributed by atoms with van der Waals surface area (Å²) in [6.45, 7) is 6.69. The van der Waals surface area contributed by atoms with Gasteiger partial charge in [-0.2, -0.15) is 0 Å². The van der Waals surface area contributed by atoms with Gasteiger partial charge in [-0.3, -0.25) is 0 Å². The number of anilines is 1. The molecule has 0 bridgehead atoms. The first-order chi connectivity index (χ1) is 15.6. The van der Waals surface area contributed by atoms with Gasteiger partial charge in [0.2, 0.25) is 0 Å². The summed E-state index contributed by atoms with van der Waals surface area (Å²) in [5.74, 6) is 1.37. The SMILES string of the molecule is CC(C)CC(CO)NC1=CN(SCc2ccccc2)Cc2nc(NCCOCCO)sc21. The predicted molar refractivity (Wildman–Crippen MR) is 133 cm³/mol. The van der Waals surface area contributed by atoms with Gasteiger partial charge in [-0.15, -0.1) is 0 Å². The fourth-order valence-corrected chi connectivity index (χ4v) is 5.30. The zero-order valence-corrected chi connectivity index (χ0v) is 20.4. The molecule has 7 nitrogen and oxygen atoms in total. The van der Waals surface area contributed by atoms with E-state index in [1.54, 1.807) is 23.3 Å². The van der Waals surface area contributed by atoms with Crippen LogP contribution in [-0.2, 0) is 17.0 Å². The fourth-order valence-electron chi connectivity index (χ4n) is 3.42. The zero-order valence-electron chi connectivity index (χ0n) is 18.8. The molecule has 0 fully saturated rings. The van der Waals surface area contributed by atoms with Crippen LogP contribution in [0.3, 0.4) is 0 Å². The molecule has 4 N–H and O–H groups in total. The molecule has 0 spiro atoms. The minimum absolute atomic E-state index is 0.00133. The first kappa shape index (κ1) is 24.9. The second kappa shape index (κ2) is 13.1. The standard InChI is InChI=1S/C23H34N4O3S2/c1-17(2)12-19(15-29)25-20-13-27(31-16-18-6-4-3-5-7-18)14-21-22(20)32-23(26-21)24-8-10-30-11-9-28/h3-7,13,17,19,25,28-29H,8-12,14-16H2,1-2H3,(H,24,26). The van der Waals surface area contributed by atoms with Crippen molar-refractivity contribution >= 4 is 34.1 Å². The Morgan fingerprint density at radius 1 is 1.22 bits per heavy atom. The Labute approximate surface area is 199 Å². The van der Waals surface area contributed by atoms with Gasteiger partial charge < -0.3 is 29.9 Å². The number of aromatic nitrogens is 1. The monoisotopic (exact) mass is 478 g/mol. The molecule has 9 heteroatoms. The first-order valence-electron chi connectivity index (χ1n) is 11.0. The lowest BCUT2D eigenvalue weighted by atomic mass is 10.0. The minimum Gasteiger partial charge on any atom is -0.394 e. The van der Waals surface area contributed by atoms with Crippen molar-refractivity contribution in [3.63, 3.8) is 0 Å². The second-order valence-electron chi connectivity index (χ2n) is 8.09. The lowest BCUT2D eigenvalue weighted by Crippen LogP contribution is -2.34. The van der Waals surface area contributed by atoms with Crippen LogP contribution in [0.4, 0.5) is 5.13 Å². The number of fused-ring (bicyclic) bond motifs is 1. The van der Waals surface area contributed by atoms with E-state index in [0.29, 0.717) is 25.7 Å². The van der Waals surface area contributed by atoms with E-state index in [0.717, 1.165) is 40.1 Å². The van der Waals surface area contributed by atoms with Crippen LogP contribution in [0.1, 0.15) is 36.4 Å². The van der Waals surface area contributed by atoms with Crippen LogP contribution in [0.25, 0.3) is 5.70 Å². The molecule has 2 heterocycles. The molecule has 1 atom stereocenters. The molecule has 0 amide bonds. The quantitative estimate of drug-likeness (QED) is 0.242. The average molecular weight is 479 g/mol. The molecular formula is C23H34N4O3S2. The van der Waals surface area contributed by atoms with Crippen molar-refractivity contribution in [2.24, 2.45) is 5.92 Å². The number of nitrogens with one attached hydrogen (secondary N) is 2. The van der Waals surface area contributed by atoms with E-state index in [4.69, 9.17) is 14.8 Å². The molecule has 3 rings (SSSR count). The summed E-state index contributed by atoms with van der Waals surface area (Å²) < 4.78 is 7.54. The maximum absolute atomic E-state index is 9.90. The van der Waals surface area contributed by atoms with E-state index >= 15 is 0 Å². The van der Waals surface area contributed by atoms with E-state index in [-0.39, 0.29) is 19.3 Å². The summed E-state index contributed by atoms with van der Waals surface area (Å²) in [5.41, 5.74) is 3.32. The van der Waals surface area contributed by atoms with E-state index in [2.05, 4.69) is 59.3 Å². The second-order valence-corrected chi connectivity index (χ2v) is 10.1. The Morgan fingerprint density at radius 3 is 2.75 bits per heavy atom. The third kappa shape index (κ3) is 7.67. The number of thiazole rings is 1. The van der Waals surface area contributed by atoms with Gasteiger partial charge in [0.1, 0.15) is 0 Å². The van der Waals surface area contributed by atoms with E-state index < -0.39 is 0 Å². The molecule has 32 heavy (non-hydrogen) atoms. The van der Waals surface area contributed by atoms with E-state index in [1.807, 2.05) is 6.07 Å². The van der Waals surface area contributed by atoms with Crippen LogP contribution in [0, 0.1) is 5.92 Å². The largest absolute Gasteiger partial charge is 0.394 e. The van der Waals surface area contributed by atoms with Crippen molar-refractivity contribution in [1.82, 2.24) is 14.6 Å². The third-order valence-electron chi connectivity index (χ3n) is 4.85. The summed E-state index contributed by atoms with van der Waals surface area (Å²) in [7, 11) is 0. The molecule has 0 saturated heterocycles. The van der Waals surface area contributed by atoms with Crippen LogP contribution in [0.2, 0.25) is 0 Å². The van der Waals surface area contributed by atoms with Gasteiger partial charge in [0.25, 0.3) is 0 Å². The highest BCUT2D eigenvalue weighted by molar-refractivity contribution is 7.96.